The lowest BCUT2D eigenvalue weighted by molar-refractivity contribution is -0.188. The van der Waals surface area contributed by atoms with E-state index in [-0.39, 0.29) is 6.42 Å². The summed E-state index contributed by atoms with van der Waals surface area (Å²) in [4.78, 5) is 17.8. The largest absolute Gasteiger partial charge is 0.494 e. The minimum atomic E-state index is -3.81. The quantitative estimate of drug-likeness (QED) is 0.515. The number of carbonyl (C=O) groups is 1. The van der Waals surface area contributed by atoms with E-state index in [1.807, 2.05) is 52.0 Å². The van der Waals surface area contributed by atoms with E-state index < -0.39 is 39.9 Å². The second-order valence-corrected chi connectivity index (χ2v) is 11.2. The molecule has 29 heavy (non-hydrogen) atoms. The van der Waals surface area contributed by atoms with E-state index in [4.69, 9.17) is 14.1 Å². The molecule has 0 atom stereocenters. The highest BCUT2D eigenvalue weighted by molar-refractivity contribution is 7.88. The number of hydrogen-bond acceptors (Lipinski definition) is 6. The van der Waals surface area contributed by atoms with Gasteiger partial charge in [-0.15, -0.1) is 4.47 Å². The monoisotopic (exact) mass is 425 g/mol. The maximum atomic E-state index is 12.4. The van der Waals surface area contributed by atoms with Gasteiger partial charge in [-0.3, -0.25) is 9.63 Å². The number of aryl methyl sites for hydroxylation is 1. The predicted octanol–water partition coefficient (Wildman–Crippen LogP) is 2.44. The molecule has 0 N–H and O–H groups in total. The summed E-state index contributed by atoms with van der Waals surface area (Å²) in [6, 6.07) is 7.59. The van der Waals surface area contributed by atoms with Crippen molar-refractivity contribution in [2.24, 2.45) is 0 Å². The molecule has 0 radical (unpaired) electrons. The van der Waals surface area contributed by atoms with Gasteiger partial charge in [-0.2, -0.15) is 0 Å². The molecule has 1 aliphatic heterocycles. The molecule has 0 saturated carbocycles. The van der Waals surface area contributed by atoms with E-state index in [1.54, 1.807) is 20.8 Å². The molecule has 162 valence electrons. The van der Waals surface area contributed by atoms with Crippen LogP contribution in [0.2, 0.25) is 0 Å². The van der Waals surface area contributed by atoms with Gasteiger partial charge in [0.2, 0.25) is 0 Å². The Hall–Kier alpha value is -1.42. The Bertz CT molecular complexity index is 827. The van der Waals surface area contributed by atoms with Crippen molar-refractivity contribution in [3.05, 3.63) is 29.8 Å². The van der Waals surface area contributed by atoms with Gasteiger partial charge in [0, 0.05) is 6.42 Å². The first-order valence-corrected chi connectivity index (χ1v) is 11.5. The van der Waals surface area contributed by atoms with Crippen LogP contribution in [0.3, 0.4) is 0 Å². The summed E-state index contributed by atoms with van der Waals surface area (Å²) in [6.07, 6.45) is 1.36. The third kappa shape index (κ3) is 6.04. The average Bonchev–Trinajstić information content (AvgIpc) is 2.77. The summed E-state index contributed by atoms with van der Waals surface area (Å²) < 4.78 is 36.4. The highest BCUT2D eigenvalue weighted by Crippen LogP contribution is 2.36. The fourth-order valence-corrected chi connectivity index (χ4v) is 3.54. The molecular weight excluding hydrogens is 393 g/mol. The number of amides is 1. The highest BCUT2D eigenvalue weighted by Gasteiger charge is 2.51. The van der Waals surface area contributed by atoms with Crippen molar-refractivity contribution in [3.63, 3.8) is 0 Å². The molecule has 1 heterocycles. The molecule has 0 bridgehead atoms. The first kappa shape index (κ1) is 23.9. The summed E-state index contributed by atoms with van der Waals surface area (Å²) in [5.74, 6) is -0.600. The lowest BCUT2D eigenvalue weighted by Gasteiger charge is -2.32. The van der Waals surface area contributed by atoms with Gasteiger partial charge < -0.3 is 9.31 Å². The zero-order valence-electron chi connectivity index (χ0n) is 18.6. The number of nitrogens with zero attached hydrogens (tertiary/aromatic N) is 1. The lowest BCUT2D eigenvalue weighted by Crippen LogP contribution is -2.42. The zero-order valence-corrected chi connectivity index (χ0v) is 19.4. The summed E-state index contributed by atoms with van der Waals surface area (Å²) in [5.41, 5.74) is 0.175. The van der Waals surface area contributed by atoms with E-state index in [1.165, 1.54) is 0 Å². The van der Waals surface area contributed by atoms with Crippen molar-refractivity contribution in [3.8, 4) is 0 Å². The molecule has 2 rings (SSSR count). The van der Waals surface area contributed by atoms with Gasteiger partial charge in [-0.1, -0.05) is 24.3 Å². The van der Waals surface area contributed by atoms with E-state index in [9.17, 15) is 13.2 Å². The number of benzene rings is 1. The van der Waals surface area contributed by atoms with E-state index in [0.717, 1.165) is 17.3 Å². The van der Waals surface area contributed by atoms with Gasteiger partial charge in [0.1, 0.15) is 0 Å². The van der Waals surface area contributed by atoms with Crippen LogP contribution in [0.4, 0.5) is 0 Å². The smallest absolute Gasteiger partial charge is 0.399 e. The first-order chi connectivity index (χ1) is 13.0. The van der Waals surface area contributed by atoms with E-state index in [2.05, 4.69) is 0 Å². The van der Waals surface area contributed by atoms with Crippen molar-refractivity contribution in [1.29, 1.82) is 0 Å². The number of carbonyl (C=O) groups excluding carboxylic acids is 1. The van der Waals surface area contributed by atoms with Crippen LogP contribution in [-0.2, 0) is 35.4 Å². The molecule has 9 heteroatoms. The molecule has 1 saturated heterocycles. The average molecular weight is 425 g/mol. The van der Waals surface area contributed by atoms with Gasteiger partial charge in [0.05, 0.1) is 23.1 Å². The second-order valence-electron chi connectivity index (χ2n) is 9.42. The van der Waals surface area contributed by atoms with Crippen LogP contribution < -0.4 is 5.46 Å². The topological polar surface area (TPSA) is 82.1 Å². The highest BCUT2D eigenvalue weighted by atomic mass is 32.2. The molecule has 0 spiro atoms. The Morgan fingerprint density at radius 1 is 1.07 bits per heavy atom. The maximum absolute atomic E-state index is 12.4. The van der Waals surface area contributed by atoms with Crippen LogP contribution in [0, 0.1) is 0 Å². The number of hydrogen-bond donors (Lipinski definition) is 0. The van der Waals surface area contributed by atoms with Crippen LogP contribution in [0.25, 0.3) is 0 Å². The lowest BCUT2D eigenvalue weighted by atomic mass is 9.78. The van der Waals surface area contributed by atoms with Crippen LogP contribution >= 0.6 is 0 Å². The SMILES string of the molecule is CC(C)(C)ON(C(=O)CCc1ccc(B2OC(C)(C)C(C)(C)O2)cc1)S(C)(=O)=O. The van der Waals surface area contributed by atoms with Crippen LogP contribution in [0.15, 0.2) is 24.3 Å². The first-order valence-electron chi connectivity index (χ1n) is 9.69. The van der Waals surface area contributed by atoms with Crippen molar-refractivity contribution in [2.75, 3.05) is 6.26 Å². The summed E-state index contributed by atoms with van der Waals surface area (Å²) in [7, 11) is -4.26. The summed E-state index contributed by atoms with van der Waals surface area (Å²) in [5, 5.41) is 0. The minimum Gasteiger partial charge on any atom is -0.399 e. The zero-order chi connectivity index (χ0) is 22.3. The van der Waals surface area contributed by atoms with Crippen molar-refractivity contribution < 1.29 is 27.4 Å². The summed E-state index contributed by atoms with van der Waals surface area (Å²) >= 11 is 0. The molecule has 1 fully saturated rings. The number of hydroxylamine groups is 1. The van der Waals surface area contributed by atoms with Crippen LogP contribution in [0.5, 0.6) is 0 Å². The molecule has 0 unspecified atom stereocenters. The molecule has 1 amide bonds. The number of sulfonamides is 1. The van der Waals surface area contributed by atoms with E-state index in [0.29, 0.717) is 10.9 Å². The van der Waals surface area contributed by atoms with Crippen molar-refractivity contribution in [1.82, 2.24) is 4.47 Å². The van der Waals surface area contributed by atoms with Gasteiger partial charge in [0.15, 0.2) is 0 Å². The molecule has 1 aliphatic rings. The molecule has 0 aliphatic carbocycles. The Balaban J connectivity index is 2.02. The normalized spacial score (nSPS) is 18.7. The standard InChI is InChI=1S/C20H32BNO6S/c1-18(2,3)28-22(29(8,24)25)17(23)14-11-15-9-12-16(13-10-15)21-26-19(4,5)20(6,7)27-21/h9-10,12-13H,11,14H2,1-8H3. The Kier molecular flexibility index (Phi) is 6.60. The molecular formula is C20H32BNO6S. The van der Waals surface area contributed by atoms with Gasteiger partial charge in [-0.25, -0.2) is 8.42 Å². The summed E-state index contributed by atoms with van der Waals surface area (Å²) in [6.45, 7) is 13.1. The fourth-order valence-electron chi connectivity index (χ4n) is 2.72. The number of rotatable bonds is 6. The molecule has 1 aromatic rings. The van der Waals surface area contributed by atoms with Crippen molar-refractivity contribution >= 4 is 28.5 Å². The van der Waals surface area contributed by atoms with Gasteiger partial charge in [-0.05, 0) is 65.9 Å². The Morgan fingerprint density at radius 3 is 1.97 bits per heavy atom. The molecule has 0 aromatic heterocycles. The van der Waals surface area contributed by atoms with Crippen molar-refractivity contribution in [2.45, 2.75) is 78.1 Å². The van der Waals surface area contributed by atoms with Gasteiger partial charge in [0.25, 0.3) is 15.9 Å². The van der Waals surface area contributed by atoms with Crippen LogP contribution in [0.1, 0.15) is 60.5 Å². The third-order valence-electron chi connectivity index (χ3n) is 4.99. The van der Waals surface area contributed by atoms with E-state index >= 15 is 0 Å². The minimum absolute atomic E-state index is 0.0129. The predicted molar refractivity (Wildman–Crippen MR) is 113 cm³/mol. The van der Waals surface area contributed by atoms with Crippen LogP contribution in [-0.4, -0.2) is 49.0 Å². The molecule has 1 aromatic carbocycles. The Labute approximate surface area is 174 Å². The molecule has 7 nitrogen and oxygen atoms in total. The second kappa shape index (κ2) is 8.02. The van der Waals surface area contributed by atoms with Gasteiger partial charge >= 0.3 is 7.12 Å². The Morgan fingerprint density at radius 2 is 1.55 bits per heavy atom. The fraction of sp³-hybridized carbons (Fsp3) is 0.650. The third-order valence-corrected chi connectivity index (χ3v) is 5.87. The maximum Gasteiger partial charge on any atom is 0.494 e.